The molecule has 0 bridgehead atoms. The molecule has 1 heterocycles. The zero-order valence-corrected chi connectivity index (χ0v) is 14.4. The van der Waals surface area contributed by atoms with Gasteiger partial charge in [0.05, 0.1) is 11.7 Å². The van der Waals surface area contributed by atoms with Crippen molar-refractivity contribution in [2.24, 2.45) is 5.92 Å². The summed E-state index contributed by atoms with van der Waals surface area (Å²) in [5.41, 5.74) is 2.68. The lowest BCUT2D eigenvalue weighted by molar-refractivity contribution is 0.0931. The van der Waals surface area contributed by atoms with Crippen molar-refractivity contribution in [2.45, 2.75) is 18.9 Å². The number of carbonyl (C=O) groups excluding carboxylic acids is 1. The van der Waals surface area contributed by atoms with Gasteiger partial charge in [0.15, 0.2) is 0 Å². The van der Waals surface area contributed by atoms with E-state index in [1.165, 1.54) is 0 Å². The molecule has 1 saturated carbocycles. The molecule has 1 N–H and O–H groups in total. The van der Waals surface area contributed by atoms with E-state index in [9.17, 15) is 4.79 Å². The van der Waals surface area contributed by atoms with Crippen molar-refractivity contribution in [1.29, 1.82) is 0 Å². The standard InChI is InChI=1S/C20H18ClN3O/c21-17-8-4-15(5-9-17)19(14-2-3-14)23-20(25)16-6-10-18(11-7-16)24-13-1-12-22-24/h1,4-14,19H,2-3H2,(H,23,25)/t19-/m0/s1. The second-order valence-corrected chi connectivity index (χ2v) is 6.77. The lowest BCUT2D eigenvalue weighted by Gasteiger charge is -2.19. The third kappa shape index (κ3) is 3.59. The number of nitrogens with zero attached hydrogens (tertiary/aromatic N) is 2. The molecule has 1 amide bonds. The first-order valence-electron chi connectivity index (χ1n) is 8.37. The van der Waals surface area contributed by atoms with Gasteiger partial charge in [-0.25, -0.2) is 4.68 Å². The predicted octanol–water partition coefficient (Wildman–Crippen LogP) is 4.41. The van der Waals surface area contributed by atoms with Crippen LogP contribution in [0.25, 0.3) is 5.69 Å². The zero-order valence-electron chi connectivity index (χ0n) is 13.6. The highest BCUT2D eigenvalue weighted by molar-refractivity contribution is 6.30. The number of amides is 1. The molecule has 2 aromatic carbocycles. The Morgan fingerprint density at radius 3 is 2.44 bits per heavy atom. The van der Waals surface area contributed by atoms with Crippen molar-refractivity contribution in [3.8, 4) is 5.69 Å². The number of hydrogen-bond acceptors (Lipinski definition) is 2. The maximum absolute atomic E-state index is 12.7. The molecule has 25 heavy (non-hydrogen) atoms. The van der Waals surface area contributed by atoms with E-state index in [-0.39, 0.29) is 11.9 Å². The van der Waals surface area contributed by atoms with Crippen molar-refractivity contribution < 1.29 is 4.79 Å². The highest BCUT2D eigenvalue weighted by Crippen LogP contribution is 2.41. The number of nitrogens with one attached hydrogen (secondary N) is 1. The zero-order chi connectivity index (χ0) is 17.2. The van der Waals surface area contributed by atoms with Gasteiger partial charge >= 0.3 is 0 Å². The molecule has 3 aromatic rings. The molecule has 4 rings (SSSR count). The van der Waals surface area contributed by atoms with Gasteiger partial charge in [0.1, 0.15) is 0 Å². The largest absolute Gasteiger partial charge is 0.345 e. The molecule has 5 heteroatoms. The van der Waals surface area contributed by atoms with Crippen LogP contribution in [0.4, 0.5) is 0 Å². The van der Waals surface area contributed by atoms with E-state index in [1.54, 1.807) is 10.9 Å². The van der Waals surface area contributed by atoms with Gasteiger partial charge in [-0.05, 0) is 66.8 Å². The van der Waals surface area contributed by atoms with E-state index < -0.39 is 0 Å². The van der Waals surface area contributed by atoms with Crippen LogP contribution in [0.1, 0.15) is 34.8 Å². The summed E-state index contributed by atoms with van der Waals surface area (Å²) < 4.78 is 1.77. The highest BCUT2D eigenvalue weighted by Gasteiger charge is 2.33. The number of carbonyl (C=O) groups is 1. The van der Waals surface area contributed by atoms with Crippen molar-refractivity contribution in [3.63, 3.8) is 0 Å². The van der Waals surface area contributed by atoms with E-state index in [4.69, 9.17) is 11.6 Å². The van der Waals surface area contributed by atoms with Crippen LogP contribution >= 0.6 is 11.6 Å². The van der Waals surface area contributed by atoms with Gasteiger partial charge in [-0.3, -0.25) is 4.79 Å². The summed E-state index contributed by atoms with van der Waals surface area (Å²) in [6, 6.07) is 17.1. The number of benzene rings is 2. The fourth-order valence-corrected chi connectivity index (χ4v) is 3.11. The second-order valence-electron chi connectivity index (χ2n) is 6.34. The molecular weight excluding hydrogens is 334 g/mol. The third-order valence-electron chi connectivity index (χ3n) is 4.51. The highest BCUT2D eigenvalue weighted by atomic mass is 35.5. The maximum Gasteiger partial charge on any atom is 0.251 e. The van der Waals surface area contributed by atoms with E-state index in [1.807, 2.05) is 60.8 Å². The van der Waals surface area contributed by atoms with Gasteiger partial charge in [-0.1, -0.05) is 23.7 Å². The molecule has 1 atom stereocenters. The van der Waals surface area contributed by atoms with Gasteiger partial charge in [-0.2, -0.15) is 5.10 Å². The maximum atomic E-state index is 12.7. The van der Waals surface area contributed by atoms with Crippen molar-refractivity contribution >= 4 is 17.5 Å². The number of halogens is 1. The summed E-state index contributed by atoms with van der Waals surface area (Å²) in [4.78, 5) is 12.7. The molecule has 0 radical (unpaired) electrons. The van der Waals surface area contributed by atoms with Gasteiger partial charge in [-0.15, -0.1) is 0 Å². The Morgan fingerprint density at radius 2 is 1.84 bits per heavy atom. The Kier molecular flexibility index (Phi) is 4.28. The van der Waals surface area contributed by atoms with Gasteiger partial charge < -0.3 is 5.32 Å². The van der Waals surface area contributed by atoms with Crippen LogP contribution < -0.4 is 5.32 Å². The Hall–Kier alpha value is -2.59. The molecule has 126 valence electrons. The van der Waals surface area contributed by atoms with Gasteiger partial charge in [0.25, 0.3) is 5.91 Å². The third-order valence-corrected chi connectivity index (χ3v) is 4.76. The Labute approximate surface area is 151 Å². The van der Waals surface area contributed by atoms with Crippen LogP contribution in [0, 0.1) is 5.92 Å². The fraction of sp³-hybridized carbons (Fsp3) is 0.200. The van der Waals surface area contributed by atoms with Gasteiger partial charge in [0, 0.05) is 23.0 Å². The fourth-order valence-electron chi connectivity index (χ4n) is 2.98. The molecule has 1 aliphatic carbocycles. The molecule has 1 aliphatic rings. The first kappa shape index (κ1) is 15.9. The number of hydrogen-bond donors (Lipinski definition) is 1. The van der Waals surface area contributed by atoms with Crippen molar-refractivity contribution in [2.75, 3.05) is 0 Å². The van der Waals surface area contributed by atoms with Crippen LogP contribution in [0.2, 0.25) is 5.02 Å². The molecule has 1 aromatic heterocycles. The lowest BCUT2D eigenvalue weighted by atomic mass is 10.0. The summed E-state index contributed by atoms with van der Waals surface area (Å²) in [6.07, 6.45) is 5.89. The monoisotopic (exact) mass is 351 g/mol. The number of rotatable bonds is 5. The summed E-state index contributed by atoms with van der Waals surface area (Å²) in [7, 11) is 0. The normalized spacial score (nSPS) is 14.9. The first-order chi connectivity index (χ1) is 12.2. The van der Waals surface area contributed by atoms with Crippen molar-refractivity contribution in [3.05, 3.63) is 83.1 Å². The minimum Gasteiger partial charge on any atom is -0.345 e. The summed E-state index contributed by atoms with van der Waals surface area (Å²) >= 11 is 5.98. The average Bonchev–Trinajstić information content (AvgIpc) is 3.33. The van der Waals surface area contributed by atoms with E-state index in [2.05, 4.69) is 10.4 Å². The Balaban J connectivity index is 1.50. The van der Waals surface area contributed by atoms with Crippen LogP contribution in [-0.2, 0) is 0 Å². The van der Waals surface area contributed by atoms with Gasteiger partial charge in [0.2, 0.25) is 0 Å². The molecule has 1 fully saturated rings. The minimum absolute atomic E-state index is 0.0376. The van der Waals surface area contributed by atoms with E-state index in [0.717, 1.165) is 24.1 Å². The molecule has 0 spiro atoms. The molecular formula is C20H18ClN3O. The van der Waals surface area contributed by atoms with Crippen molar-refractivity contribution in [1.82, 2.24) is 15.1 Å². The summed E-state index contributed by atoms with van der Waals surface area (Å²) in [5, 5.41) is 8.08. The Morgan fingerprint density at radius 1 is 1.12 bits per heavy atom. The second kappa shape index (κ2) is 6.73. The molecule has 4 nitrogen and oxygen atoms in total. The minimum atomic E-state index is -0.0566. The van der Waals surface area contributed by atoms with Crippen LogP contribution in [0.3, 0.4) is 0 Å². The van der Waals surface area contributed by atoms with E-state index >= 15 is 0 Å². The predicted molar refractivity (Wildman–Crippen MR) is 97.9 cm³/mol. The van der Waals surface area contributed by atoms with Crippen LogP contribution in [-0.4, -0.2) is 15.7 Å². The summed E-state index contributed by atoms with van der Waals surface area (Å²) in [5.74, 6) is 0.451. The Bertz CT molecular complexity index is 853. The molecule has 0 saturated heterocycles. The smallest absolute Gasteiger partial charge is 0.251 e. The van der Waals surface area contributed by atoms with Crippen LogP contribution in [0.15, 0.2) is 67.0 Å². The molecule has 0 unspecified atom stereocenters. The van der Waals surface area contributed by atoms with Crippen LogP contribution in [0.5, 0.6) is 0 Å². The molecule has 0 aliphatic heterocycles. The topological polar surface area (TPSA) is 46.9 Å². The average molecular weight is 352 g/mol. The lowest BCUT2D eigenvalue weighted by Crippen LogP contribution is -2.29. The van der Waals surface area contributed by atoms with E-state index in [0.29, 0.717) is 16.5 Å². The SMILES string of the molecule is O=C(N[C@H](c1ccc(Cl)cc1)C1CC1)c1ccc(-n2cccn2)cc1. The quantitative estimate of drug-likeness (QED) is 0.740. The first-order valence-corrected chi connectivity index (χ1v) is 8.75. The summed E-state index contributed by atoms with van der Waals surface area (Å²) in [6.45, 7) is 0. The number of aromatic nitrogens is 2.